The van der Waals surface area contributed by atoms with Gasteiger partial charge in [0, 0.05) is 50.1 Å². The Morgan fingerprint density at radius 3 is 2.66 bits per heavy atom. The lowest BCUT2D eigenvalue weighted by Crippen LogP contribution is -2.39. The number of hydrogen-bond acceptors (Lipinski definition) is 6. The maximum Gasteiger partial charge on any atom is 0.274 e. The van der Waals surface area contributed by atoms with Crippen LogP contribution >= 0.6 is 11.8 Å². The highest BCUT2D eigenvalue weighted by Crippen LogP contribution is 2.23. The van der Waals surface area contributed by atoms with Gasteiger partial charge in [0.1, 0.15) is 22.7 Å². The quantitative estimate of drug-likeness (QED) is 0.729. The molecule has 10 heteroatoms. The van der Waals surface area contributed by atoms with Gasteiger partial charge in [0.15, 0.2) is 0 Å². The van der Waals surface area contributed by atoms with Gasteiger partial charge in [0.25, 0.3) is 5.91 Å². The predicted molar refractivity (Wildman–Crippen MR) is 112 cm³/mol. The molecule has 0 unspecified atom stereocenters. The van der Waals surface area contributed by atoms with Crippen LogP contribution in [0.5, 0.6) is 0 Å². The summed E-state index contributed by atoms with van der Waals surface area (Å²) in [6, 6.07) is 3.22. The van der Waals surface area contributed by atoms with Crippen LogP contribution in [0.4, 0.5) is 0 Å². The van der Waals surface area contributed by atoms with Crippen LogP contribution in [-0.4, -0.2) is 75.7 Å². The fourth-order valence-electron chi connectivity index (χ4n) is 3.68. The fraction of sp³-hybridized carbons (Fsp3) is 0.526. The first kappa shape index (κ1) is 20.4. The van der Waals surface area contributed by atoms with Crippen molar-refractivity contribution in [3.05, 3.63) is 36.5 Å². The van der Waals surface area contributed by atoms with Gasteiger partial charge in [0.2, 0.25) is 10.0 Å². The van der Waals surface area contributed by atoms with E-state index >= 15 is 0 Å². The van der Waals surface area contributed by atoms with Crippen LogP contribution in [0, 0.1) is 5.92 Å². The third-order valence-electron chi connectivity index (χ3n) is 5.34. The number of carbonyl (C=O) groups excluding carboxylic acids is 1. The highest BCUT2D eigenvalue weighted by Gasteiger charge is 2.29. The molecule has 0 aromatic carbocycles. The molecule has 0 spiro atoms. The van der Waals surface area contributed by atoms with Crippen molar-refractivity contribution in [1.29, 1.82) is 0 Å². The van der Waals surface area contributed by atoms with E-state index in [1.165, 1.54) is 12.5 Å². The van der Waals surface area contributed by atoms with Gasteiger partial charge >= 0.3 is 0 Å². The predicted octanol–water partition coefficient (Wildman–Crippen LogP) is 1.88. The molecule has 1 amide bonds. The molecule has 2 saturated heterocycles. The first-order valence-corrected chi connectivity index (χ1v) is 12.4. The monoisotopic (exact) mass is 435 g/mol. The first-order valence-electron chi connectivity index (χ1n) is 9.83. The standard InChI is InChI=1S/C19H25N5O3S2/c1-15-3-2-6-24(12-15)29(26,27)16-4-5-18(20-11-16)23-13-17(21-14-23)19(25)22-7-9-28-10-8-22/h4-5,11,13-15H,2-3,6-10,12H2,1H3/t15-/m0/s1. The highest BCUT2D eigenvalue weighted by molar-refractivity contribution is 7.99. The lowest BCUT2D eigenvalue weighted by Gasteiger charge is -2.29. The first-order chi connectivity index (χ1) is 13.9. The van der Waals surface area contributed by atoms with Gasteiger partial charge in [0.05, 0.1) is 0 Å². The number of aromatic nitrogens is 3. The van der Waals surface area contributed by atoms with E-state index in [9.17, 15) is 13.2 Å². The second kappa shape index (κ2) is 8.45. The average Bonchev–Trinajstić information content (AvgIpc) is 3.24. The number of carbonyl (C=O) groups is 1. The third kappa shape index (κ3) is 4.34. The molecule has 2 aliphatic rings. The number of amides is 1. The van der Waals surface area contributed by atoms with Crippen LogP contribution in [0.2, 0.25) is 0 Å². The molecule has 2 aromatic heterocycles. The van der Waals surface area contributed by atoms with E-state index < -0.39 is 10.0 Å². The molecule has 2 fully saturated rings. The van der Waals surface area contributed by atoms with Gasteiger partial charge < -0.3 is 4.90 Å². The van der Waals surface area contributed by atoms with Crippen molar-refractivity contribution < 1.29 is 13.2 Å². The minimum absolute atomic E-state index is 0.0810. The molecule has 0 radical (unpaired) electrons. The number of imidazole rings is 1. The van der Waals surface area contributed by atoms with E-state index in [-0.39, 0.29) is 10.8 Å². The fourth-order valence-corrected chi connectivity index (χ4v) is 6.13. The van der Waals surface area contributed by atoms with E-state index in [1.54, 1.807) is 27.2 Å². The Labute approximate surface area is 175 Å². The lowest BCUT2D eigenvalue weighted by molar-refractivity contribution is 0.0767. The van der Waals surface area contributed by atoms with Gasteiger partial charge in [-0.1, -0.05) is 6.92 Å². The van der Waals surface area contributed by atoms with E-state index in [0.29, 0.717) is 30.5 Å². The summed E-state index contributed by atoms with van der Waals surface area (Å²) >= 11 is 1.84. The van der Waals surface area contributed by atoms with Crippen LogP contribution in [0.1, 0.15) is 30.3 Å². The minimum atomic E-state index is -3.53. The Balaban J connectivity index is 1.49. The van der Waals surface area contributed by atoms with Gasteiger partial charge in [-0.3, -0.25) is 9.36 Å². The lowest BCUT2D eigenvalue weighted by atomic mass is 10.0. The highest BCUT2D eigenvalue weighted by atomic mass is 32.2. The smallest absolute Gasteiger partial charge is 0.274 e. The van der Waals surface area contributed by atoms with Crippen molar-refractivity contribution in [3.63, 3.8) is 0 Å². The van der Waals surface area contributed by atoms with Gasteiger partial charge in [-0.25, -0.2) is 18.4 Å². The molecule has 2 aromatic rings. The van der Waals surface area contributed by atoms with Crippen molar-refractivity contribution in [3.8, 4) is 5.82 Å². The van der Waals surface area contributed by atoms with Gasteiger partial charge in [-0.15, -0.1) is 0 Å². The van der Waals surface area contributed by atoms with Gasteiger partial charge in [-0.2, -0.15) is 16.1 Å². The number of sulfonamides is 1. The number of nitrogens with zero attached hydrogens (tertiary/aromatic N) is 5. The van der Waals surface area contributed by atoms with E-state index in [2.05, 4.69) is 16.9 Å². The summed E-state index contributed by atoms with van der Waals surface area (Å²) in [7, 11) is -3.53. The molecule has 0 aliphatic carbocycles. The summed E-state index contributed by atoms with van der Waals surface area (Å²) < 4.78 is 28.9. The van der Waals surface area contributed by atoms with Crippen LogP contribution in [0.25, 0.3) is 5.82 Å². The van der Waals surface area contributed by atoms with Crippen LogP contribution in [0.15, 0.2) is 35.7 Å². The molecule has 8 nitrogen and oxygen atoms in total. The summed E-state index contributed by atoms with van der Waals surface area (Å²) in [5.41, 5.74) is 0.373. The molecule has 29 heavy (non-hydrogen) atoms. The second-order valence-corrected chi connectivity index (χ2v) is 10.7. The zero-order valence-corrected chi connectivity index (χ0v) is 18.0. The molecule has 156 valence electrons. The van der Waals surface area contributed by atoms with Crippen molar-refractivity contribution >= 4 is 27.7 Å². The summed E-state index contributed by atoms with van der Waals surface area (Å²) in [4.78, 5) is 23.1. The minimum Gasteiger partial charge on any atom is -0.336 e. The second-order valence-electron chi connectivity index (χ2n) is 7.53. The molecule has 4 heterocycles. The zero-order chi connectivity index (χ0) is 20.4. The average molecular weight is 436 g/mol. The van der Waals surface area contributed by atoms with Crippen molar-refractivity contribution in [2.75, 3.05) is 37.7 Å². The van der Waals surface area contributed by atoms with Crippen LogP contribution < -0.4 is 0 Å². The molecule has 0 bridgehead atoms. The third-order valence-corrected chi connectivity index (χ3v) is 8.13. The Morgan fingerprint density at radius 2 is 1.97 bits per heavy atom. The molecule has 1 atom stereocenters. The molecular formula is C19H25N5O3S2. The SMILES string of the molecule is C[C@H]1CCCN(S(=O)(=O)c2ccc(-n3cnc(C(=O)N4CCSCC4)c3)nc2)C1. The molecule has 0 N–H and O–H groups in total. The maximum atomic E-state index is 12.9. The van der Waals surface area contributed by atoms with Crippen molar-refractivity contribution in [2.24, 2.45) is 5.92 Å². The number of pyridine rings is 1. The Hall–Kier alpha value is -1.91. The molecular weight excluding hydrogens is 410 g/mol. The Morgan fingerprint density at radius 1 is 1.17 bits per heavy atom. The molecule has 0 saturated carbocycles. The molecule has 4 rings (SSSR count). The summed E-state index contributed by atoms with van der Waals surface area (Å²) in [6.07, 6.45) is 6.50. The van der Waals surface area contributed by atoms with E-state index in [0.717, 1.165) is 37.4 Å². The maximum absolute atomic E-state index is 12.9. The normalized spacial score (nSPS) is 21.3. The van der Waals surface area contributed by atoms with E-state index in [4.69, 9.17) is 0 Å². The van der Waals surface area contributed by atoms with Crippen molar-refractivity contribution in [1.82, 2.24) is 23.7 Å². The largest absolute Gasteiger partial charge is 0.336 e. The number of hydrogen-bond donors (Lipinski definition) is 0. The number of thioether (sulfide) groups is 1. The Kier molecular flexibility index (Phi) is 5.93. The summed E-state index contributed by atoms with van der Waals surface area (Å²) in [5.74, 6) is 2.70. The Bertz CT molecular complexity index is 968. The van der Waals surface area contributed by atoms with Crippen LogP contribution in [0.3, 0.4) is 0 Å². The topological polar surface area (TPSA) is 88.4 Å². The number of rotatable bonds is 4. The summed E-state index contributed by atoms with van der Waals surface area (Å²) in [5, 5.41) is 0. The summed E-state index contributed by atoms with van der Waals surface area (Å²) in [6.45, 7) is 4.64. The number of piperidine rings is 1. The zero-order valence-electron chi connectivity index (χ0n) is 16.4. The van der Waals surface area contributed by atoms with E-state index in [1.807, 2.05) is 16.7 Å². The van der Waals surface area contributed by atoms with Crippen LogP contribution in [-0.2, 0) is 10.0 Å². The van der Waals surface area contributed by atoms with Crippen molar-refractivity contribution in [2.45, 2.75) is 24.7 Å². The van der Waals surface area contributed by atoms with Gasteiger partial charge in [-0.05, 0) is 30.9 Å². The molecule has 2 aliphatic heterocycles.